The number of rotatable bonds is 4. The third-order valence-corrected chi connectivity index (χ3v) is 3.65. The molecule has 1 aromatic rings. The van der Waals surface area contributed by atoms with E-state index in [0.29, 0.717) is 5.92 Å². The molecule has 0 amide bonds. The average molecular weight is 216 g/mol. The Morgan fingerprint density at radius 2 is 2.12 bits per heavy atom. The van der Waals surface area contributed by atoms with Crippen molar-refractivity contribution in [3.05, 3.63) is 42.8 Å². The van der Waals surface area contributed by atoms with E-state index in [9.17, 15) is 0 Å². The van der Waals surface area contributed by atoms with Gasteiger partial charge in [0.1, 0.15) is 0 Å². The van der Waals surface area contributed by atoms with Gasteiger partial charge in [-0.3, -0.25) is 0 Å². The van der Waals surface area contributed by atoms with E-state index >= 15 is 0 Å². The molecule has 87 valence electrons. The van der Waals surface area contributed by atoms with Crippen LogP contribution in [-0.4, -0.2) is 13.1 Å². The van der Waals surface area contributed by atoms with Gasteiger partial charge in [0.2, 0.25) is 0 Å². The summed E-state index contributed by atoms with van der Waals surface area (Å²) in [4.78, 5) is 0. The Labute approximate surface area is 99.3 Å². The summed E-state index contributed by atoms with van der Waals surface area (Å²) >= 11 is 0. The lowest BCUT2D eigenvalue weighted by atomic mass is 9.79. The van der Waals surface area contributed by atoms with Gasteiger partial charge in [-0.2, -0.15) is 0 Å². The van der Waals surface area contributed by atoms with Crippen LogP contribution in [0.2, 0.25) is 0 Å². The van der Waals surface area contributed by atoms with Crippen molar-refractivity contribution in [2.45, 2.75) is 31.6 Å². The number of benzene rings is 1. The van der Waals surface area contributed by atoms with Gasteiger partial charge in [0, 0.05) is 0 Å². The van der Waals surface area contributed by atoms with Crippen LogP contribution in [0.25, 0.3) is 0 Å². The second kappa shape index (κ2) is 6.05. The molecule has 16 heavy (non-hydrogen) atoms. The van der Waals surface area contributed by atoms with E-state index in [-0.39, 0.29) is 0 Å². The highest BCUT2D eigenvalue weighted by Gasteiger charge is 2.23. The van der Waals surface area contributed by atoms with Gasteiger partial charge in [0.25, 0.3) is 0 Å². The van der Waals surface area contributed by atoms with Crippen LogP contribution in [-0.2, 0) is 0 Å². The second-order valence-corrected chi connectivity index (χ2v) is 4.77. The monoisotopic (exact) mass is 216 g/mol. The summed E-state index contributed by atoms with van der Waals surface area (Å²) in [6, 6.07) is 11.0. The van der Waals surface area contributed by atoms with Crippen LogP contribution in [0.5, 0.6) is 0 Å². The molecule has 1 aliphatic rings. The summed E-state index contributed by atoms with van der Waals surface area (Å²) in [6.45, 7) is 6.40. The minimum Gasteiger partial charge on any atom is -0.316 e. The molecule has 1 aromatic carbocycles. The minimum absolute atomic E-state index is 0.700. The third kappa shape index (κ3) is 2.85. The molecule has 1 saturated heterocycles. The Morgan fingerprint density at radius 3 is 2.75 bits per heavy atom. The van der Waals surface area contributed by atoms with Crippen LogP contribution in [0.15, 0.2) is 30.3 Å². The highest BCUT2D eigenvalue weighted by Crippen LogP contribution is 2.33. The van der Waals surface area contributed by atoms with Crippen LogP contribution in [0.4, 0.5) is 0 Å². The lowest BCUT2D eigenvalue weighted by molar-refractivity contribution is 0.312. The first-order valence-corrected chi connectivity index (χ1v) is 6.46. The average Bonchev–Trinajstić information content (AvgIpc) is 2.38. The highest BCUT2D eigenvalue weighted by molar-refractivity contribution is 5.20. The van der Waals surface area contributed by atoms with Crippen molar-refractivity contribution in [3.8, 4) is 0 Å². The zero-order valence-corrected chi connectivity index (χ0v) is 9.99. The van der Waals surface area contributed by atoms with Gasteiger partial charge >= 0.3 is 0 Å². The largest absolute Gasteiger partial charge is 0.316 e. The van der Waals surface area contributed by atoms with Gasteiger partial charge < -0.3 is 5.32 Å². The molecular formula is C15H22N. The number of nitrogens with one attached hydrogen (secondary N) is 1. The molecule has 0 bridgehead atoms. The molecule has 1 fully saturated rings. The van der Waals surface area contributed by atoms with Crippen molar-refractivity contribution in [3.63, 3.8) is 0 Å². The normalized spacial score (nSPS) is 22.9. The molecule has 0 aliphatic carbocycles. The van der Waals surface area contributed by atoms with Gasteiger partial charge in [0.15, 0.2) is 0 Å². The first kappa shape index (κ1) is 11.7. The second-order valence-electron chi connectivity index (χ2n) is 4.77. The Balaban J connectivity index is 2.09. The summed E-state index contributed by atoms with van der Waals surface area (Å²) in [5.74, 6) is 1.50. The summed E-state index contributed by atoms with van der Waals surface area (Å²) in [7, 11) is 0. The predicted molar refractivity (Wildman–Crippen MR) is 69.4 cm³/mol. The molecular weight excluding hydrogens is 194 g/mol. The first-order chi connectivity index (χ1) is 7.92. The van der Waals surface area contributed by atoms with E-state index in [1.54, 1.807) is 0 Å². The molecule has 2 atom stereocenters. The zero-order valence-electron chi connectivity index (χ0n) is 9.99. The molecule has 0 aromatic heterocycles. The van der Waals surface area contributed by atoms with Gasteiger partial charge in [-0.25, -0.2) is 0 Å². The van der Waals surface area contributed by atoms with Crippen molar-refractivity contribution in [2.75, 3.05) is 13.1 Å². The van der Waals surface area contributed by atoms with Crippen molar-refractivity contribution in [1.82, 2.24) is 5.32 Å². The van der Waals surface area contributed by atoms with Crippen LogP contribution in [0.1, 0.15) is 37.2 Å². The van der Waals surface area contributed by atoms with Gasteiger partial charge in [-0.15, -0.1) is 0 Å². The Bertz CT molecular complexity index is 288. The minimum atomic E-state index is 0.700. The van der Waals surface area contributed by atoms with E-state index in [2.05, 4.69) is 42.6 Å². The molecule has 1 N–H and O–H groups in total. The SMILES string of the molecule is [CH2]CCC(c1ccccc1)[C@H]1CCCNC1. The summed E-state index contributed by atoms with van der Waals surface area (Å²) in [6.07, 6.45) is 4.95. The first-order valence-electron chi connectivity index (χ1n) is 6.46. The van der Waals surface area contributed by atoms with Crippen molar-refractivity contribution < 1.29 is 0 Å². The molecule has 1 heteroatoms. The fourth-order valence-corrected chi connectivity index (χ4v) is 2.82. The number of hydrogen-bond donors (Lipinski definition) is 1. The fraction of sp³-hybridized carbons (Fsp3) is 0.533. The zero-order chi connectivity index (χ0) is 11.2. The Hall–Kier alpha value is -0.820. The van der Waals surface area contributed by atoms with Crippen molar-refractivity contribution in [1.29, 1.82) is 0 Å². The molecule has 1 unspecified atom stereocenters. The van der Waals surface area contributed by atoms with E-state index in [1.165, 1.54) is 37.9 Å². The lowest BCUT2D eigenvalue weighted by Gasteiger charge is -2.31. The van der Waals surface area contributed by atoms with Crippen LogP contribution in [0, 0.1) is 12.8 Å². The highest BCUT2D eigenvalue weighted by atomic mass is 14.9. The molecule has 1 radical (unpaired) electrons. The standard InChI is InChI=1S/C15H22N/c1-2-7-15(13-8-4-3-5-9-13)14-10-6-11-16-12-14/h3-5,8-9,14-16H,1-2,6-7,10-12H2/t14-,15?/m0/s1. The van der Waals surface area contributed by atoms with Crippen LogP contribution >= 0.6 is 0 Å². The van der Waals surface area contributed by atoms with Crippen molar-refractivity contribution >= 4 is 0 Å². The fourth-order valence-electron chi connectivity index (χ4n) is 2.82. The van der Waals surface area contributed by atoms with Crippen LogP contribution in [0.3, 0.4) is 0 Å². The smallest absolute Gasteiger partial charge is 0.00147 e. The third-order valence-electron chi connectivity index (χ3n) is 3.65. The summed E-state index contributed by atoms with van der Waals surface area (Å²) < 4.78 is 0. The molecule has 0 spiro atoms. The Kier molecular flexibility index (Phi) is 4.41. The predicted octanol–water partition coefficient (Wildman–Crippen LogP) is 3.38. The van der Waals surface area contributed by atoms with E-state index < -0.39 is 0 Å². The topological polar surface area (TPSA) is 12.0 Å². The van der Waals surface area contributed by atoms with E-state index in [4.69, 9.17) is 0 Å². The van der Waals surface area contributed by atoms with E-state index in [1.807, 2.05) is 0 Å². The van der Waals surface area contributed by atoms with Gasteiger partial charge in [-0.1, -0.05) is 43.7 Å². The number of hydrogen-bond acceptors (Lipinski definition) is 1. The molecule has 2 rings (SSSR count). The molecule has 1 aliphatic heterocycles. The molecule has 1 nitrogen and oxygen atoms in total. The Morgan fingerprint density at radius 1 is 1.31 bits per heavy atom. The lowest BCUT2D eigenvalue weighted by Crippen LogP contribution is -2.33. The maximum atomic E-state index is 4.03. The summed E-state index contributed by atoms with van der Waals surface area (Å²) in [5.41, 5.74) is 1.50. The van der Waals surface area contributed by atoms with Gasteiger partial charge in [0.05, 0.1) is 0 Å². The van der Waals surface area contributed by atoms with E-state index in [0.717, 1.165) is 12.3 Å². The van der Waals surface area contributed by atoms with Gasteiger partial charge in [-0.05, 0) is 49.8 Å². The quantitative estimate of drug-likeness (QED) is 0.813. The van der Waals surface area contributed by atoms with Crippen molar-refractivity contribution in [2.24, 2.45) is 5.92 Å². The van der Waals surface area contributed by atoms with Crippen LogP contribution < -0.4 is 5.32 Å². The molecule has 1 heterocycles. The maximum Gasteiger partial charge on any atom is -0.00147 e. The maximum absolute atomic E-state index is 4.03. The molecule has 0 saturated carbocycles. The number of piperidine rings is 1. The summed E-state index contributed by atoms with van der Waals surface area (Å²) in [5, 5.41) is 3.52.